The number of nitrogens with zero attached hydrogens (tertiary/aromatic N) is 3. The molecule has 3 aromatic heterocycles. The number of ketones is 1. The predicted molar refractivity (Wildman–Crippen MR) is 141 cm³/mol. The molecule has 0 bridgehead atoms. The molecule has 2 N–H and O–H groups in total. The summed E-state index contributed by atoms with van der Waals surface area (Å²) in [4.78, 5) is 37.3. The van der Waals surface area contributed by atoms with E-state index >= 15 is 0 Å². The number of aromatic nitrogens is 3. The van der Waals surface area contributed by atoms with Gasteiger partial charge in [0.15, 0.2) is 5.78 Å². The smallest absolute Gasteiger partial charge is 0.257 e. The fourth-order valence-electron chi connectivity index (χ4n) is 3.86. The van der Waals surface area contributed by atoms with E-state index in [1.54, 1.807) is 36.8 Å². The summed E-state index contributed by atoms with van der Waals surface area (Å²) in [5.41, 5.74) is 5.65. The van der Waals surface area contributed by atoms with Crippen molar-refractivity contribution in [1.82, 2.24) is 15.0 Å². The molecule has 5 aromatic rings. The van der Waals surface area contributed by atoms with Crippen LogP contribution in [0.1, 0.15) is 38.8 Å². The van der Waals surface area contributed by atoms with Gasteiger partial charge in [-0.1, -0.05) is 12.1 Å². The van der Waals surface area contributed by atoms with E-state index in [0.29, 0.717) is 22.6 Å². The highest BCUT2D eigenvalue weighted by Gasteiger charge is 2.10. The maximum absolute atomic E-state index is 12.7. The Morgan fingerprint density at radius 2 is 1.53 bits per heavy atom. The Labute approximate surface area is 208 Å². The molecule has 5 rings (SSSR count). The molecule has 0 saturated heterocycles. The van der Waals surface area contributed by atoms with E-state index in [-0.39, 0.29) is 11.7 Å². The Bertz CT molecular complexity index is 1530. The molecule has 0 aliphatic carbocycles. The maximum atomic E-state index is 12.7. The highest BCUT2D eigenvalue weighted by molar-refractivity contribution is 6.04. The molecule has 0 saturated carbocycles. The van der Waals surface area contributed by atoms with Crippen LogP contribution >= 0.6 is 0 Å². The Hall–Kier alpha value is -4.91. The van der Waals surface area contributed by atoms with Gasteiger partial charge in [0.05, 0.1) is 16.8 Å². The summed E-state index contributed by atoms with van der Waals surface area (Å²) < 4.78 is 0. The van der Waals surface area contributed by atoms with E-state index in [1.165, 1.54) is 18.7 Å². The Kier molecular flexibility index (Phi) is 6.44. The minimum absolute atomic E-state index is 0.0106. The summed E-state index contributed by atoms with van der Waals surface area (Å²) in [6.45, 7) is 1.53. The van der Waals surface area contributed by atoms with Crippen molar-refractivity contribution in [3.8, 4) is 0 Å². The van der Waals surface area contributed by atoms with Crippen molar-refractivity contribution in [3.63, 3.8) is 0 Å². The number of Topliss-reactive ketones (excluding diaryl/α,β-unsaturated/α-hetero) is 1. The molecule has 0 aliphatic heterocycles. The number of benzene rings is 2. The third-order valence-electron chi connectivity index (χ3n) is 5.81. The molecule has 0 aliphatic rings. The summed E-state index contributed by atoms with van der Waals surface area (Å²) in [5, 5.41) is 6.99. The highest BCUT2D eigenvalue weighted by atomic mass is 16.1. The van der Waals surface area contributed by atoms with E-state index in [4.69, 9.17) is 0 Å². The lowest BCUT2D eigenvalue weighted by molar-refractivity contribution is 0.101. The third-order valence-corrected chi connectivity index (χ3v) is 5.81. The second kappa shape index (κ2) is 10.1. The molecule has 7 heteroatoms. The number of carbonyl (C=O) groups is 2. The van der Waals surface area contributed by atoms with E-state index in [0.717, 1.165) is 28.6 Å². The van der Waals surface area contributed by atoms with Gasteiger partial charge < -0.3 is 10.6 Å². The van der Waals surface area contributed by atoms with Gasteiger partial charge in [-0.05, 0) is 85.1 Å². The lowest BCUT2D eigenvalue weighted by Crippen LogP contribution is -2.12. The van der Waals surface area contributed by atoms with Crippen LogP contribution < -0.4 is 10.6 Å². The average Bonchev–Trinajstić information content (AvgIpc) is 2.91. The van der Waals surface area contributed by atoms with Crippen molar-refractivity contribution in [3.05, 3.63) is 120 Å². The van der Waals surface area contributed by atoms with Crippen molar-refractivity contribution in [2.75, 3.05) is 10.6 Å². The van der Waals surface area contributed by atoms with Crippen LogP contribution in [0.4, 0.5) is 17.2 Å². The molecule has 0 radical (unpaired) electrons. The van der Waals surface area contributed by atoms with Gasteiger partial charge >= 0.3 is 0 Å². The van der Waals surface area contributed by atoms with E-state index in [9.17, 15) is 9.59 Å². The number of nitrogens with one attached hydrogen (secondary N) is 2. The number of amides is 1. The van der Waals surface area contributed by atoms with Crippen molar-refractivity contribution < 1.29 is 9.59 Å². The Morgan fingerprint density at radius 3 is 2.25 bits per heavy atom. The minimum atomic E-state index is -0.239. The number of fused-ring (bicyclic) bond motifs is 1. The zero-order valence-electron chi connectivity index (χ0n) is 19.6. The number of hydrogen-bond donors (Lipinski definition) is 2. The Balaban J connectivity index is 1.25. The molecule has 0 unspecified atom stereocenters. The van der Waals surface area contributed by atoms with Crippen molar-refractivity contribution in [2.45, 2.75) is 13.3 Å². The molecule has 3 heterocycles. The van der Waals surface area contributed by atoms with Crippen molar-refractivity contribution >= 4 is 39.8 Å². The molecule has 7 nitrogen and oxygen atoms in total. The molecule has 0 fully saturated rings. The maximum Gasteiger partial charge on any atom is 0.257 e. The van der Waals surface area contributed by atoms with Crippen LogP contribution in [0.2, 0.25) is 0 Å². The van der Waals surface area contributed by atoms with Crippen LogP contribution in [0.5, 0.6) is 0 Å². The van der Waals surface area contributed by atoms with Crippen LogP contribution in [0, 0.1) is 0 Å². The highest BCUT2D eigenvalue weighted by Crippen LogP contribution is 2.26. The normalized spacial score (nSPS) is 10.7. The second-order valence-corrected chi connectivity index (χ2v) is 8.39. The fourth-order valence-corrected chi connectivity index (χ4v) is 3.86. The molecule has 176 valence electrons. The zero-order chi connectivity index (χ0) is 24.9. The molecule has 0 atom stereocenters. The van der Waals surface area contributed by atoms with Crippen LogP contribution in [-0.2, 0) is 6.42 Å². The average molecular weight is 474 g/mol. The van der Waals surface area contributed by atoms with E-state index < -0.39 is 0 Å². The minimum Gasteiger partial charge on any atom is -0.340 e. The van der Waals surface area contributed by atoms with Crippen LogP contribution in [0.3, 0.4) is 0 Å². The van der Waals surface area contributed by atoms with Crippen LogP contribution in [0.25, 0.3) is 10.9 Å². The molecule has 36 heavy (non-hydrogen) atoms. The predicted octanol–water partition coefficient (Wildman–Crippen LogP) is 5.81. The number of hydrogen-bond acceptors (Lipinski definition) is 6. The van der Waals surface area contributed by atoms with Gasteiger partial charge in [0, 0.05) is 41.4 Å². The monoisotopic (exact) mass is 473 g/mol. The molecule has 1 amide bonds. The summed E-state index contributed by atoms with van der Waals surface area (Å²) >= 11 is 0. The van der Waals surface area contributed by atoms with Gasteiger partial charge in [0.1, 0.15) is 5.82 Å². The molecular formula is C29H23N5O2. The summed E-state index contributed by atoms with van der Waals surface area (Å²) in [6, 6.07) is 22.4. The van der Waals surface area contributed by atoms with E-state index in [1.807, 2.05) is 54.6 Å². The first-order valence-corrected chi connectivity index (χ1v) is 11.5. The second-order valence-electron chi connectivity index (χ2n) is 8.39. The summed E-state index contributed by atoms with van der Waals surface area (Å²) in [6.07, 6.45) is 7.59. The largest absolute Gasteiger partial charge is 0.340 e. The first kappa shape index (κ1) is 22.9. The van der Waals surface area contributed by atoms with Crippen LogP contribution in [0.15, 0.2) is 97.6 Å². The lowest BCUT2D eigenvalue weighted by atomic mass is 10.1. The van der Waals surface area contributed by atoms with Crippen LogP contribution in [-0.4, -0.2) is 26.6 Å². The summed E-state index contributed by atoms with van der Waals surface area (Å²) in [5.74, 6) is 0.327. The van der Waals surface area contributed by atoms with Gasteiger partial charge in [-0.3, -0.25) is 19.6 Å². The van der Waals surface area contributed by atoms with Crippen molar-refractivity contribution in [2.24, 2.45) is 0 Å². The number of carbonyl (C=O) groups excluding carboxylic acids is 2. The lowest BCUT2D eigenvalue weighted by Gasteiger charge is -2.10. The molecule has 2 aromatic carbocycles. The van der Waals surface area contributed by atoms with Gasteiger partial charge in [-0.2, -0.15) is 0 Å². The standard InChI is InChI=1S/C29H23N5O2/c1-19(35)22-4-8-26-25(17-22)27(12-15-31-26)34-28-9-5-23(18-32-28)29(36)33-24-6-2-20(3-7-24)16-21-10-13-30-14-11-21/h2-15,17-18H,16H2,1H3,(H,33,36)(H,31,32,34). The van der Waals surface area contributed by atoms with Gasteiger partial charge in [-0.25, -0.2) is 4.98 Å². The SMILES string of the molecule is CC(=O)c1ccc2nccc(Nc3ccc(C(=O)Nc4ccc(Cc5ccncc5)cc4)cn3)c2c1. The molecular weight excluding hydrogens is 450 g/mol. The topological polar surface area (TPSA) is 96.9 Å². The first-order valence-electron chi connectivity index (χ1n) is 11.5. The number of pyridine rings is 3. The van der Waals surface area contributed by atoms with Gasteiger partial charge in [-0.15, -0.1) is 0 Å². The third kappa shape index (κ3) is 5.26. The molecule has 0 spiro atoms. The van der Waals surface area contributed by atoms with E-state index in [2.05, 4.69) is 25.6 Å². The summed E-state index contributed by atoms with van der Waals surface area (Å²) in [7, 11) is 0. The zero-order valence-corrected chi connectivity index (χ0v) is 19.6. The van der Waals surface area contributed by atoms with Gasteiger partial charge in [0.25, 0.3) is 5.91 Å². The first-order chi connectivity index (χ1) is 17.5. The quantitative estimate of drug-likeness (QED) is 0.289. The fraction of sp³-hybridized carbons (Fsp3) is 0.0690. The Morgan fingerprint density at radius 1 is 0.778 bits per heavy atom. The number of rotatable bonds is 7. The number of anilines is 3. The van der Waals surface area contributed by atoms with Crippen molar-refractivity contribution in [1.29, 1.82) is 0 Å². The van der Waals surface area contributed by atoms with Gasteiger partial charge in [0.2, 0.25) is 0 Å².